The molecule has 1 aliphatic heterocycles. The number of rotatable bonds is 3. The van der Waals surface area contributed by atoms with E-state index in [1.165, 1.54) is 16.8 Å². The first-order valence-corrected chi connectivity index (χ1v) is 8.45. The highest BCUT2D eigenvalue weighted by atomic mass is 32.2. The molecule has 1 heterocycles. The third kappa shape index (κ3) is 2.80. The van der Waals surface area contributed by atoms with Crippen molar-refractivity contribution in [2.75, 3.05) is 11.4 Å². The highest BCUT2D eigenvalue weighted by molar-refractivity contribution is 7.89. The number of sulfonamides is 1. The van der Waals surface area contributed by atoms with Gasteiger partial charge in [-0.1, -0.05) is 30.3 Å². The number of nitrogens with two attached hydrogens (primary N) is 1. The van der Waals surface area contributed by atoms with Crippen molar-refractivity contribution >= 4 is 15.7 Å². The predicted octanol–water partition coefficient (Wildman–Crippen LogP) is 2.21. The van der Waals surface area contributed by atoms with E-state index in [4.69, 9.17) is 5.14 Å². The second kappa shape index (κ2) is 5.16. The van der Waals surface area contributed by atoms with E-state index in [-0.39, 0.29) is 4.90 Å². The lowest BCUT2D eigenvalue weighted by Crippen LogP contribution is -2.23. The summed E-state index contributed by atoms with van der Waals surface area (Å²) in [6.45, 7) is 3.52. The molecule has 2 N–H and O–H groups in total. The molecule has 0 aliphatic carbocycles. The third-order valence-corrected chi connectivity index (χ3v) is 4.88. The molecule has 110 valence electrons. The molecule has 0 saturated carbocycles. The first kappa shape index (κ1) is 14.1. The van der Waals surface area contributed by atoms with Crippen LogP contribution < -0.4 is 10.0 Å². The largest absolute Gasteiger partial charge is 0.367 e. The van der Waals surface area contributed by atoms with Crippen LogP contribution in [0.1, 0.15) is 16.7 Å². The van der Waals surface area contributed by atoms with Gasteiger partial charge in [0.2, 0.25) is 10.0 Å². The van der Waals surface area contributed by atoms with E-state index in [2.05, 4.69) is 30.0 Å². The highest BCUT2D eigenvalue weighted by Crippen LogP contribution is 2.31. The van der Waals surface area contributed by atoms with E-state index in [1.54, 1.807) is 12.1 Å². The van der Waals surface area contributed by atoms with Gasteiger partial charge in [-0.05, 0) is 42.2 Å². The number of primary sulfonamides is 1. The normalized spacial score (nSPS) is 14.3. The fourth-order valence-corrected chi connectivity index (χ4v) is 3.60. The van der Waals surface area contributed by atoms with Crippen LogP contribution in [0.2, 0.25) is 0 Å². The number of hydrogen-bond donors (Lipinski definition) is 1. The van der Waals surface area contributed by atoms with E-state index in [0.29, 0.717) is 6.54 Å². The molecule has 0 aromatic heterocycles. The van der Waals surface area contributed by atoms with Crippen molar-refractivity contribution in [2.24, 2.45) is 5.14 Å². The summed E-state index contributed by atoms with van der Waals surface area (Å²) in [5.41, 5.74) is 4.46. The zero-order chi connectivity index (χ0) is 15.0. The summed E-state index contributed by atoms with van der Waals surface area (Å²) in [6.07, 6.45) is 0.993. The van der Waals surface area contributed by atoms with Crippen molar-refractivity contribution in [3.63, 3.8) is 0 Å². The summed E-state index contributed by atoms with van der Waals surface area (Å²) in [5, 5.41) is 5.30. The van der Waals surface area contributed by atoms with Crippen LogP contribution in [0.15, 0.2) is 47.4 Å². The van der Waals surface area contributed by atoms with Crippen LogP contribution in [0.25, 0.3) is 0 Å². The van der Waals surface area contributed by atoms with Crippen LogP contribution in [0.4, 0.5) is 5.69 Å². The Balaban J connectivity index is 1.96. The summed E-state index contributed by atoms with van der Waals surface area (Å²) in [7, 11) is -3.69. The molecule has 0 bridgehead atoms. The number of benzene rings is 2. The average Bonchev–Trinajstić information content (AvgIpc) is 2.81. The maximum Gasteiger partial charge on any atom is 0.238 e. The molecule has 4 nitrogen and oxygen atoms in total. The maximum atomic E-state index is 11.7. The van der Waals surface area contributed by atoms with Crippen LogP contribution in [0.5, 0.6) is 0 Å². The Hall–Kier alpha value is -1.85. The summed E-state index contributed by atoms with van der Waals surface area (Å²) in [5.74, 6) is 0. The van der Waals surface area contributed by atoms with Crippen molar-refractivity contribution in [2.45, 2.75) is 24.8 Å². The van der Waals surface area contributed by atoms with Gasteiger partial charge in [0.15, 0.2) is 0 Å². The molecule has 0 fully saturated rings. The Bertz CT molecular complexity index is 785. The fraction of sp³-hybridized carbons (Fsp3) is 0.250. The van der Waals surface area contributed by atoms with Gasteiger partial charge >= 0.3 is 0 Å². The smallest absolute Gasteiger partial charge is 0.238 e. The van der Waals surface area contributed by atoms with Gasteiger partial charge in [-0.25, -0.2) is 13.6 Å². The molecule has 21 heavy (non-hydrogen) atoms. The van der Waals surface area contributed by atoms with Crippen LogP contribution >= 0.6 is 0 Å². The minimum atomic E-state index is -3.69. The minimum absolute atomic E-state index is 0.214. The zero-order valence-corrected chi connectivity index (χ0v) is 12.7. The van der Waals surface area contributed by atoms with Gasteiger partial charge in [-0.2, -0.15) is 0 Å². The molecule has 5 heteroatoms. The van der Waals surface area contributed by atoms with E-state index in [1.807, 2.05) is 12.1 Å². The lowest BCUT2D eigenvalue weighted by molar-refractivity contribution is 0.596. The maximum absolute atomic E-state index is 11.7. The lowest BCUT2D eigenvalue weighted by Gasteiger charge is -2.21. The van der Waals surface area contributed by atoms with Gasteiger partial charge in [0.25, 0.3) is 0 Å². The van der Waals surface area contributed by atoms with Crippen molar-refractivity contribution in [3.8, 4) is 0 Å². The fourth-order valence-electron chi connectivity index (χ4n) is 2.84. The van der Waals surface area contributed by atoms with Crippen LogP contribution in [-0.4, -0.2) is 15.0 Å². The number of hydrogen-bond acceptors (Lipinski definition) is 3. The van der Waals surface area contributed by atoms with Gasteiger partial charge in [0.1, 0.15) is 0 Å². The number of aryl methyl sites for hydroxylation is 1. The molecule has 0 unspecified atom stereocenters. The van der Waals surface area contributed by atoms with Crippen molar-refractivity contribution in [1.29, 1.82) is 0 Å². The summed E-state index contributed by atoms with van der Waals surface area (Å²) in [4.78, 5) is 2.43. The van der Waals surface area contributed by atoms with E-state index >= 15 is 0 Å². The van der Waals surface area contributed by atoms with Gasteiger partial charge in [-0.3, -0.25) is 0 Å². The summed E-state index contributed by atoms with van der Waals surface area (Å²) in [6, 6.07) is 13.4. The van der Waals surface area contributed by atoms with Crippen molar-refractivity contribution in [1.82, 2.24) is 0 Å². The second-order valence-electron chi connectivity index (χ2n) is 5.46. The first-order chi connectivity index (χ1) is 9.95. The Morgan fingerprint density at radius 1 is 1.19 bits per heavy atom. The minimum Gasteiger partial charge on any atom is -0.367 e. The SMILES string of the molecule is Cc1ccc2c(c1)N(Cc1ccccc1S(N)(=O)=O)CC2. The lowest BCUT2D eigenvalue weighted by atomic mass is 10.1. The number of anilines is 1. The van der Waals surface area contributed by atoms with E-state index in [0.717, 1.165) is 18.5 Å². The molecule has 0 spiro atoms. The molecule has 0 atom stereocenters. The topological polar surface area (TPSA) is 63.4 Å². The molecule has 3 rings (SSSR count). The standard InChI is InChI=1S/C16H18N2O2S/c1-12-6-7-13-8-9-18(15(13)10-12)11-14-4-2-3-5-16(14)21(17,19)20/h2-7,10H,8-9,11H2,1H3,(H2,17,19,20). The van der Waals surface area contributed by atoms with Gasteiger partial charge in [0, 0.05) is 18.8 Å². The van der Waals surface area contributed by atoms with Crippen molar-refractivity contribution in [3.05, 3.63) is 59.2 Å². The zero-order valence-electron chi connectivity index (χ0n) is 11.9. The second-order valence-corrected chi connectivity index (χ2v) is 6.99. The number of fused-ring (bicyclic) bond motifs is 1. The molecule has 1 aliphatic rings. The Labute approximate surface area is 125 Å². The van der Waals surface area contributed by atoms with Gasteiger partial charge in [-0.15, -0.1) is 0 Å². The summed E-state index contributed by atoms with van der Waals surface area (Å²) >= 11 is 0. The van der Waals surface area contributed by atoms with Gasteiger partial charge in [0.05, 0.1) is 4.90 Å². The van der Waals surface area contributed by atoms with Crippen LogP contribution in [0.3, 0.4) is 0 Å². The molecule has 0 saturated heterocycles. The molecule has 2 aromatic carbocycles. The van der Waals surface area contributed by atoms with Crippen LogP contribution in [-0.2, 0) is 23.0 Å². The van der Waals surface area contributed by atoms with Crippen molar-refractivity contribution < 1.29 is 8.42 Å². The highest BCUT2D eigenvalue weighted by Gasteiger charge is 2.21. The Kier molecular flexibility index (Phi) is 3.47. The van der Waals surface area contributed by atoms with Crippen LogP contribution in [0, 0.1) is 6.92 Å². The molecule has 0 amide bonds. The first-order valence-electron chi connectivity index (χ1n) is 6.90. The average molecular weight is 302 g/mol. The molecular formula is C16H18N2O2S. The van der Waals surface area contributed by atoms with E-state index < -0.39 is 10.0 Å². The molecular weight excluding hydrogens is 284 g/mol. The number of nitrogens with zero attached hydrogens (tertiary/aromatic N) is 1. The summed E-state index contributed by atoms with van der Waals surface area (Å²) < 4.78 is 23.4. The quantitative estimate of drug-likeness (QED) is 0.945. The Morgan fingerprint density at radius 3 is 2.71 bits per heavy atom. The predicted molar refractivity (Wildman–Crippen MR) is 83.7 cm³/mol. The third-order valence-electron chi connectivity index (χ3n) is 3.87. The van der Waals surface area contributed by atoms with E-state index in [9.17, 15) is 8.42 Å². The monoisotopic (exact) mass is 302 g/mol. The Morgan fingerprint density at radius 2 is 1.95 bits per heavy atom. The molecule has 0 radical (unpaired) electrons. The molecule has 2 aromatic rings. The van der Waals surface area contributed by atoms with Gasteiger partial charge < -0.3 is 4.90 Å².